The molecule has 1 aliphatic heterocycles. The normalized spacial score (nSPS) is 17.6. The topological polar surface area (TPSA) is 49.9 Å². The molecule has 2 amide bonds. The molecule has 5 nitrogen and oxygen atoms in total. The molecule has 1 saturated heterocycles. The van der Waals surface area contributed by atoms with Gasteiger partial charge in [0, 0.05) is 23.7 Å². The van der Waals surface area contributed by atoms with Crippen LogP contribution in [0.5, 0.6) is 0 Å². The van der Waals surface area contributed by atoms with Crippen molar-refractivity contribution in [2.24, 2.45) is 0 Å². The van der Waals surface area contributed by atoms with Gasteiger partial charge in [0.1, 0.15) is 11.4 Å². The summed E-state index contributed by atoms with van der Waals surface area (Å²) in [6.07, 6.45) is 0.235. The number of likely N-dealkylation sites (tertiary alicyclic amines) is 1. The van der Waals surface area contributed by atoms with E-state index < -0.39 is 17.5 Å². The summed E-state index contributed by atoms with van der Waals surface area (Å²) in [5.74, 6) is -0.714. The second-order valence-electron chi connectivity index (χ2n) is 7.03. The van der Waals surface area contributed by atoms with Gasteiger partial charge >= 0.3 is 6.09 Å². The van der Waals surface area contributed by atoms with Gasteiger partial charge in [0.05, 0.1) is 16.6 Å². The van der Waals surface area contributed by atoms with Gasteiger partial charge in [-0.05, 0) is 61.9 Å². The molecule has 0 saturated carbocycles. The van der Waals surface area contributed by atoms with Gasteiger partial charge in [-0.2, -0.15) is 0 Å². The van der Waals surface area contributed by atoms with Crippen molar-refractivity contribution in [3.05, 3.63) is 32.1 Å². The summed E-state index contributed by atoms with van der Waals surface area (Å²) in [4.78, 5) is 28.0. The molecule has 8 heteroatoms. The Morgan fingerprint density at radius 1 is 1.40 bits per heavy atom. The smallest absolute Gasteiger partial charge is 0.410 e. The van der Waals surface area contributed by atoms with Crippen LogP contribution >= 0.6 is 34.2 Å². The van der Waals surface area contributed by atoms with Crippen molar-refractivity contribution < 1.29 is 18.7 Å². The Bertz CT molecular complexity index is 693. The fourth-order valence-corrected chi connectivity index (χ4v) is 3.28. The van der Waals surface area contributed by atoms with Crippen LogP contribution in [0.15, 0.2) is 12.1 Å². The molecule has 0 radical (unpaired) electrons. The molecular weight excluding hydrogens is 462 g/mol. The summed E-state index contributed by atoms with van der Waals surface area (Å²) in [7, 11) is 1.67. The summed E-state index contributed by atoms with van der Waals surface area (Å²) in [5.41, 5.74) is -0.300. The molecule has 1 fully saturated rings. The third-order valence-corrected chi connectivity index (χ3v) is 5.06. The first-order valence-electron chi connectivity index (χ1n) is 7.89. The fraction of sp³-hybridized carbons (Fsp3) is 0.529. The van der Waals surface area contributed by atoms with Crippen molar-refractivity contribution >= 4 is 46.2 Å². The maximum Gasteiger partial charge on any atom is 0.410 e. The minimum absolute atomic E-state index is 0.0897. The highest BCUT2D eigenvalue weighted by atomic mass is 127. The van der Waals surface area contributed by atoms with E-state index in [4.69, 9.17) is 16.3 Å². The standard InChI is InChI=1S/C17H21ClFIN2O3/c1-17(2,3)25-16(24)21(4)10-5-6-22(9-10)15(23)11-7-14(20)13(19)8-12(11)18/h7-8,10H,5-6,9H2,1-4H3/t10-/m1/s1. The average molecular weight is 483 g/mol. The second kappa shape index (κ2) is 7.65. The van der Waals surface area contributed by atoms with Gasteiger partial charge in [-0.3, -0.25) is 4.79 Å². The van der Waals surface area contributed by atoms with Crippen LogP contribution < -0.4 is 0 Å². The van der Waals surface area contributed by atoms with E-state index in [2.05, 4.69) is 0 Å². The van der Waals surface area contributed by atoms with E-state index in [0.717, 1.165) is 6.07 Å². The van der Waals surface area contributed by atoms with Crippen LogP contribution in [-0.4, -0.2) is 53.6 Å². The third-order valence-electron chi connectivity index (χ3n) is 3.92. The van der Waals surface area contributed by atoms with E-state index in [9.17, 15) is 14.0 Å². The predicted molar refractivity (Wildman–Crippen MR) is 102 cm³/mol. The molecule has 0 N–H and O–H groups in total. The van der Waals surface area contributed by atoms with E-state index in [-0.39, 0.29) is 22.5 Å². The lowest BCUT2D eigenvalue weighted by Gasteiger charge is -2.28. The summed E-state index contributed by atoms with van der Waals surface area (Å²) in [6.45, 7) is 6.31. The van der Waals surface area contributed by atoms with Crippen LogP contribution in [0.4, 0.5) is 9.18 Å². The van der Waals surface area contributed by atoms with Gasteiger partial charge in [0.15, 0.2) is 0 Å². The number of carbonyl (C=O) groups excluding carboxylic acids is 2. The summed E-state index contributed by atoms with van der Waals surface area (Å²) in [5, 5.41) is 0.0897. The van der Waals surface area contributed by atoms with Crippen molar-refractivity contribution in [2.75, 3.05) is 20.1 Å². The number of hydrogen-bond donors (Lipinski definition) is 0. The number of hydrogen-bond acceptors (Lipinski definition) is 3. The number of rotatable bonds is 2. The molecule has 0 bridgehead atoms. The van der Waals surface area contributed by atoms with Crippen LogP contribution in [0.3, 0.4) is 0 Å². The first kappa shape index (κ1) is 20.2. The molecule has 25 heavy (non-hydrogen) atoms. The molecule has 2 rings (SSSR count). The Kier molecular flexibility index (Phi) is 6.19. The maximum atomic E-state index is 13.5. The number of amides is 2. The van der Waals surface area contributed by atoms with Gasteiger partial charge < -0.3 is 14.5 Å². The number of nitrogens with zero attached hydrogens (tertiary/aromatic N) is 2. The minimum Gasteiger partial charge on any atom is -0.444 e. The maximum absolute atomic E-state index is 13.5. The Morgan fingerprint density at radius 2 is 2.04 bits per heavy atom. The minimum atomic E-state index is -0.572. The molecule has 1 heterocycles. The highest BCUT2D eigenvalue weighted by Crippen LogP contribution is 2.26. The predicted octanol–water partition coefficient (Wildman–Crippen LogP) is 4.17. The van der Waals surface area contributed by atoms with Crippen molar-refractivity contribution in [3.8, 4) is 0 Å². The molecule has 0 unspecified atom stereocenters. The largest absolute Gasteiger partial charge is 0.444 e. The Labute approximate surface area is 165 Å². The lowest BCUT2D eigenvalue weighted by Crippen LogP contribution is -2.42. The first-order chi connectivity index (χ1) is 11.5. The quantitative estimate of drug-likeness (QED) is 0.470. The van der Waals surface area contributed by atoms with Crippen molar-refractivity contribution in [1.82, 2.24) is 9.80 Å². The molecule has 0 spiro atoms. The van der Waals surface area contributed by atoms with Crippen LogP contribution in [0.25, 0.3) is 0 Å². The van der Waals surface area contributed by atoms with E-state index in [1.807, 2.05) is 22.6 Å². The second-order valence-corrected chi connectivity index (χ2v) is 8.60. The van der Waals surface area contributed by atoms with Gasteiger partial charge in [0.25, 0.3) is 5.91 Å². The van der Waals surface area contributed by atoms with Crippen molar-refractivity contribution in [3.63, 3.8) is 0 Å². The number of halogens is 3. The van der Waals surface area contributed by atoms with Gasteiger partial charge in [-0.1, -0.05) is 11.6 Å². The molecule has 0 aliphatic carbocycles. The molecule has 0 aromatic heterocycles. The van der Waals surface area contributed by atoms with E-state index >= 15 is 0 Å². The van der Waals surface area contributed by atoms with E-state index in [1.54, 1.807) is 32.7 Å². The lowest BCUT2D eigenvalue weighted by atomic mass is 10.2. The van der Waals surface area contributed by atoms with Gasteiger partial charge in [0.2, 0.25) is 0 Å². The summed E-state index contributed by atoms with van der Waals surface area (Å²) < 4.78 is 19.2. The highest BCUT2D eigenvalue weighted by Gasteiger charge is 2.34. The Hall–Kier alpha value is -1.09. The first-order valence-corrected chi connectivity index (χ1v) is 9.35. The van der Waals surface area contributed by atoms with Gasteiger partial charge in [-0.15, -0.1) is 0 Å². The number of likely N-dealkylation sites (N-methyl/N-ethyl adjacent to an activating group) is 1. The fourth-order valence-electron chi connectivity index (χ4n) is 2.58. The molecule has 1 aromatic rings. The van der Waals surface area contributed by atoms with Crippen LogP contribution in [0.2, 0.25) is 5.02 Å². The Morgan fingerprint density at radius 3 is 2.64 bits per heavy atom. The average Bonchev–Trinajstić information content (AvgIpc) is 2.97. The monoisotopic (exact) mass is 482 g/mol. The number of carbonyl (C=O) groups is 2. The Balaban J connectivity index is 2.06. The third kappa shape index (κ3) is 4.97. The van der Waals surface area contributed by atoms with Crippen molar-refractivity contribution in [1.29, 1.82) is 0 Å². The van der Waals surface area contributed by atoms with Gasteiger partial charge in [-0.25, -0.2) is 9.18 Å². The summed E-state index contributed by atoms with van der Waals surface area (Å²) >= 11 is 7.85. The zero-order valence-corrected chi connectivity index (χ0v) is 17.5. The zero-order valence-electron chi connectivity index (χ0n) is 14.6. The number of ether oxygens (including phenoxy) is 1. The van der Waals surface area contributed by atoms with Crippen LogP contribution in [-0.2, 0) is 4.74 Å². The summed E-state index contributed by atoms with van der Waals surface area (Å²) in [6, 6.07) is 2.47. The van der Waals surface area contributed by atoms with E-state index in [0.29, 0.717) is 23.1 Å². The number of benzene rings is 1. The van der Waals surface area contributed by atoms with Crippen molar-refractivity contribution in [2.45, 2.75) is 38.8 Å². The molecule has 1 aliphatic rings. The zero-order chi connectivity index (χ0) is 18.9. The molecule has 138 valence electrons. The van der Waals surface area contributed by atoms with E-state index in [1.165, 1.54) is 11.0 Å². The van der Waals surface area contributed by atoms with Crippen LogP contribution in [0, 0.1) is 9.39 Å². The molecular formula is C17H21ClFIN2O3. The SMILES string of the molecule is CN(C(=O)OC(C)(C)C)[C@@H]1CCN(C(=O)c2cc(I)c(F)cc2Cl)C1. The lowest BCUT2D eigenvalue weighted by molar-refractivity contribution is 0.0226. The van der Waals surface area contributed by atoms with Crippen LogP contribution in [0.1, 0.15) is 37.6 Å². The highest BCUT2D eigenvalue weighted by molar-refractivity contribution is 14.1. The molecule has 1 atom stereocenters. The molecule has 1 aromatic carbocycles.